The number of rotatable bonds is 6. The van der Waals surface area contributed by atoms with E-state index in [1.54, 1.807) is 0 Å². The number of hydrogen-bond acceptors (Lipinski definition) is 3. The van der Waals surface area contributed by atoms with Crippen molar-refractivity contribution in [2.45, 2.75) is 83.7 Å². The molecule has 22 heavy (non-hydrogen) atoms. The van der Waals surface area contributed by atoms with Crippen molar-refractivity contribution in [1.82, 2.24) is 10.5 Å². The second-order valence-corrected chi connectivity index (χ2v) is 6.27. The largest absolute Gasteiger partial charge is 0.370 e. The van der Waals surface area contributed by atoms with Crippen LogP contribution in [-0.4, -0.2) is 17.2 Å². The van der Waals surface area contributed by atoms with Crippen LogP contribution in [0.1, 0.15) is 82.6 Å². The Morgan fingerprint density at radius 3 is 2.64 bits per heavy atom. The number of aromatic nitrogens is 1. The van der Waals surface area contributed by atoms with Gasteiger partial charge in [0.15, 0.2) is 11.7 Å². The topological polar surface area (TPSA) is 76.4 Å². The highest BCUT2D eigenvalue weighted by Gasteiger charge is 2.14. The number of nitrogens with one attached hydrogen (secondary N) is 1. The van der Waals surface area contributed by atoms with Gasteiger partial charge in [-0.3, -0.25) is 0 Å². The van der Waals surface area contributed by atoms with Crippen LogP contribution in [0.25, 0.3) is 0 Å². The molecule has 1 fully saturated rings. The fourth-order valence-electron chi connectivity index (χ4n) is 3.14. The Hall–Kier alpha value is -1.52. The molecular weight excluding hydrogens is 276 g/mol. The summed E-state index contributed by atoms with van der Waals surface area (Å²) in [5.74, 6) is 1.78. The van der Waals surface area contributed by atoms with E-state index in [0.717, 1.165) is 24.3 Å². The molecule has 1 aliphatic rings. The van der Waals surface area contributed by atoms with Gasteiger partial charge in [-0.15, -0.1) is 0 Å². The lowest BCUT2D eigenvalue weighted by molar-refractivity contribution is 0.372. The lowest BCUT2D eigenvalue weighted by atomic mass is 9.99. The first-order valence-electron chi connectivity index (χ1n) is 8.74. The normalized spacial score (nSPS) is 17.7. The average molecular weight is 306 g/mol. The first-order chi connectivity index (χ1) is 10.7. The number of hydrogen-bond donors (Lipinski definition) is 2. The Morgan fingerprint density at radius 1 is 1.32 bits per heavy atom. The smallest absolute Gasteiger partial charge is 0.189 e. The summed E-state index contributed by atoms with van der Waals surface area (Å²) < 4.78 is 5.37. The van der Waals surface area contributed by atoms with Gasteiger partial charge in [0.25, 0.3) is 0 Å². The van der Waals surface area contributed by atoms with Gasteiger partial charge < -0.3 is 15.6 Å². The molecule has 0 aromatic carbocycles. The number of aliphatic imine (C=N–C) groups is 1. The average Bonchev–Trinajstić information content (AvgIpc) is 2.83. The van der Waals surface area contributed by atoms with Crippen LogP contribution in [0.3, 0.4) is 0 Å². The standard InChI is InChI=1S/C17H30N4O/c1-3-13(4-2)16-11-15(22-21-16)12-19-17(18)20-14-9-7-5-6-8-10-14/h11,13-14H,3-10,12H2,1-2H3,(H3,18,19,20). The summed E-state index contributed by atoms with van der Waals surface area (Å²) in [6.45, 7) is 4.81. The highest BCUT2D eigenvalue weighted by atomic mass is 16.5. The summed E-state index contributed by atoms with van der Waals surface area (Å²) in [5.41, 5.74) is 7.03. The van der Waals surface area contributed by atoms with Crippen molar-refractivity contribution in [1.29, 1.82) is 0 Å². The summed E-state index contributed by atoms with van der Waals surface area (Å²) in [6.07, 6.45) is 9.79. The molecule has 1 aromatic rings. The summed E-state index contributed by atoms with van der Waals surface area (Å²) in [7, 11) is 0. The third-order valence-corrected chi connectivity index (χ3v) is 4.59. The van der Waals surface area contributed by atoms with Gasteiger partial charge in [0.2, 0.25) is 0 Å². The van der Waals surface area contributed by atoms with Crippen LogP contribution in [0.4, 0.5) is 0 Å². The Bertz CT molecular complexity index is 457. The van der Waals surface area contributed by atoms with Gasteiger partial charge in [-0.25, -0.2) is 4.99 Å². The molecule has 5 nitrogen and oxygen atoms in total. The summed E-state index contributed by atoms with van der Waals surface area (Å²) >= 11 is 0. The molecule has 0 amide bonds. The van der Waals surface area contributed by atoms with Crippen LogP contribution < -0.4 is 11.1 Å². The molecule has 1 saturated carbocycles. The third kappa shape index (κ3) is 5.04. The summed E-state index contributed by atoms with van der Waals surface area (Å²) in [5, 5.41) is 7.51. The molecule has 1 aromatic heterocycles. The molecule has 124 valence electrons. The zero-order chi connectivity index (χ0) is 15.8. The molecule has 3 N–H and O–H groups in total. The van der Waals surface area contributed by atoms with Gasteiger partial charge in [0, 0.05) is 18.0 Å². The molecule has 0 radical (unpaired) electrons. The SMILES string of the molecule is CCC(CC)c1cc(CN=C(N)NC2CCCCCC2)on1. The lowest BCUT2D eigenvalue weighted by Gasteiger charge is -2.16. The van der Waals surface area contributed by atoms with Gasteiger partial charge in [-0.05, 0) is 25.7 Å². The molecule has 0 unspecified atom stereocenters. The van der Waals surface area contributed by atoms with Crippen LogP contribution in [0.15, 0.2) is 15.6 Å². The predicted molar refractivity (Wildman–Crippen MR) is 89.8 cm³/mol. The summed E-state index contributed by atoms with van der Waals surface area (Å²) in [4.78, 5) is 4.39. The van der Waals surface area contributed by atoms with Crippen molar-refractivity contribution in [3.05, 3.63) is 17.5 Å². The second kappa shape index (κ2) is 8.81. The van der Waals surface area contributed by atoms with E-state index in [4.69, 9.17) is 10.3 Å². The third-order valence-electron chi connectivity index (χ3n) is 4.59. The van der Waals surface area contributed by atoms with Crippen LogP contribution in [-0.2, 0) is 6.54 Å². The monoisotopic (exact) mass is 306 g/mol. The van der Waals surface area contributed by atoms with Crippen LogP contribution >= 0.6 is 0 Å². The zero-order valence-electron chi connectivity index (χ0n) is 14.0. The highest BCUT2D eigenvalue weighted by Crippen LogP contribution is 2.22. The maximum atomic E-state index is 6.00. The van der Waals surface area contributed by atoms with Crippen LogP contribution in [0.2, 0.25) is 0 Å². The fraction of sp³-hybridized carbons (Fsp3) is 0.765. The van der Waals surface area contributed by atoms with Crippen LogP contribution in [0.5, 0.6) is 0 Å². The van der Waals surface area contributed by atoms with Crippen molar-refractivity contribution in [2.75, 3.05) is 0 Å². The molecule has 0 spiro atoms. The predicted octanol–water partition coefficient (Wildman–Crippen LogP) is 3.71. The van der Waals surface area contributed by atoms with Gasteiger partial charge in [0.1, 0.15) is 6.54 Å². The molecule has 0 bridgehead atoms. The van der Waals surface area contributed by atoms with E-state index < -0.39 is 0 Å². The molecule has 0 saturated heterocycles. The van der Waals surface area contributed by atoms with Crippen molar-refractivity contribution in [2.24, 2.45) is 10.7 Å². The minimum atomic E-state index is 0.457. The van der Waals surface area contributed by atoms with Gasteiger partial charge in [0.05, 0.1) is 5.69 Å². The minimum absolute atomic E-state index is 0.457. The Morgan fingerprint density at radius 2 is 2.00 bits per heavy atom. The summed E-state index contributed by atoms with van der Waals surface area (Å²) in [6, 6.07) is 2.49. The first kappa shape index (κ1) is 16.8. The Balaban J connectivity index is 1.84. The first-order valence-corrected chi connectivity index (χ1v) is 8.74. The van der Waals surface area contributed by atoms with Crippen LogP contribution in [0, 0.1) is 0 Å². The molecule has 1 heterocycles. The Kier molecular flexibility index (Phi) is 6.74. The van der Waals surface area contributed by atoms with Crippen molar-refractivity contribution in [3.63, 3.8) is 0 Å². The minimum Gasteiger partial charge on any atom is -0.370 e. The zero-order valence-corrected chi connectivity index (χ0v) is 14.0. The van der Waals surface area contributed by atoms with Gasteiger partial charge in [-0.2, -0.15) is 0 Å². The van der Waals surface area contributed by atoms with E-state index >= 15 is 0 Å². The number of nitrogens with zero attached hydrogens (tertiary/aromatic N) is 2. The van der Waals surface area contributed by atoms with Gasteiger partial charge in [-0.1, -0.05) is 44.7 Å². The molecule has 1 aliphatic carbocycles. The number of nitrogens with two attached hydrogens (primary N) is 1. The van der Waals surface area contributed by atoms with E-state index in [1.807, 2.05) is 6.07 Å². The van der Waals surface area contributed by atoms with Crippen molar-refractivity contribution in [3.8, 4) is 0 Å². The molecular formula is C17H30N4O. The van der Waals surface area contributed by atoms with E-state index in [9.17, 15) is 0 Å². The number of guanidine groups is 1. The van der Waals surface area contributed by atoms with Crippen molar-refractivity contribution < 1.29 is 4.52 Å². The maximum absolute atomic E-state index is 6.00. The molecule has 5 heteroatoms. The quantitative estimate of drug-likeness (QED) is 0.477. The fourth-order valence-corrected chi connectivity index (χ4v) is 3.14. The van der Waals surface area contributed by atoms with E-state index in [0.29, 0.717) is 24.5 Å². The molecule has 0 aliphatic heterocycles. The van der Waals surface area contributed by atoms with E-state index in [-0.39, 0.29) is 0 Å². The molecule has 0 atom stereocenters. The maximum Gasteiger partial charge on any atom is 0.189 e. The van der Waals surface area contributed by atoms with E-state index in [1.165, 1.54) is 38.5 Å². The molecule has 2 rings (SSSR count). The van der Waals surface area contributed by atoms with E-state index in [2.05, 4.69) is 29.3 Å². The highest BCUT2D eigenvalue weighted by molar-refractivity contribution is 5.78. The lowest BCUT2D eigenvalue weighted by Crippen LogP contribution is -2.39. The second-order valence-electron chi connectivity index (χ2n) is 6.27. The van der Waals surface area contributed by atoms with Crippen molar-refractivity contribution >= 4 is 5.96 Å². The van der Waals surface area contributed by atoms with Gasteiger partial charge >= 0.3 is 0 Å². The Labute approximate surface area is 133 Å².